The predicted molar refractivity (Wildman–Crippen MR) is 167 cm³/mol. The van der Waals surface area contributed by atoms with Crippen LogP contribution in [0.4, 0.5) is 14.5 Å². The largest absolute Gasteiger partial charge is 0.478 e. The van der Waals surface area contributed by atoms with Gasteiger partial charge >= 0.3 is 5.97 Å². The van der Waals surface area contributed by atoms with E-state index < -0.39 is 35.1 Å². The topological polar surface area (TPSA) is 122 Å². The quantitative estimate of drug-likeness (QED) is 0.117. The number of carboxylic acids is 1. The van der Waals surface area contributed by atoms with Crippen molar-refractivity contribution in [2.75, 3.05) is 4.90 Å². The van der Waals surface area contributed by atoms with Gasteiger partial charge in [0, 0.05) is 17.6 Å². The summed E-state index contributed by atoms with van der Waals surface area (Å²) >= 11 is 0. The van der Waals surface area contributed by atoms with Crippen molar-refractivity contribution in [2.45, 2.75) is 59.5 Å². The zero-order valence-corrected chi connectivity index (χ0v) is 25.5. The fourth-order valence-electron chi connectivity index (χ4n) is 4.95. The van der Waals surface area contributed by atoms with E-state index in [1.165, 1.54) is 29.2 Å². The zero-order valence-electron chi connectivity index (χ0n) is 25.5. The summed E-state index contributed by atoms with van der Waals surface area (Å²) in [6, 6.07) is 17.7. The number of aromatic carboxylic acids is 1. The number of nitrogen functional groups attached to an aromatic ring is 1. The summed E-state index contributed by atoms with van der Waals surface area (Å²) in [5.74, 6) is -4.76. The van der Waals surface area contributed by atoms with Gasteiger partial charge in [0.1, 0.15) is 28.6 Å². The Morgan fingerprint density at radius 3 is 2.07 bits per heavy atom. The molecule has 0 unspecified atom stereocenters. The van der Waals surface area contributed by atoms with Crippen LogP contribution in [-0.2, 0) is 0 Å². The SMILES string of the molecule is CC(C)c1cccc(-c2ccc(Oc3nc(Oc4cccc(C(=N)N)c4)c(F)c(N(C(C)C)C(C)C)c3F)c(C(=O)O)c2)c1. The summed E-state index contributed by atoms with van der Waals surface area (Å²) in [6.07, 6.45) is 0. The van der Waals surface area contributed by atoms with Crippen molar-refractivity contribution >= 4 is 17.5 Å². The van der Waals surface area contributed by atoms with Crippen LogP contribution in [0.5, 0.6) is 23.3 Å². The van der Waals surface area contributed by atoms with Crippen molar-refractivity contribution < 1.29 is 28.2 Å². The van der Waals surface area contributed by atoms with Crippen molar-refractivity contribution in [1.82, 2.24) is 4.98 Å². The molecule has 0 bridgehead atoms. The van der Waals surface area contributed by atoms with Gasteiger partial charge < -0.3 is 25.2 Å². The summed E-state index contributed by atoms with van der Waals surface area (Å²) in [5, 5.41) is 17.8. The second-order valence-electron chi connectivity index (χ2n) is 11.2. The monoisotopic (exact) mass is 602 g/mol. The smallest absolute Gasteiger partial charge is 0.339 e. The molecule has 0 aliphatic rings. The molecule has 10 heteroatoms. The lowest BCUT2D eigenvalue weighted by Gasteiger charge is -2.33. The molecule has 0 fully saturated rings. The molecule has 1 aromatic heterocycles. The number of aromatic nitrogens is 1. The Bertz CT molecular complexity index is 1700. The first kappa shape index (κ1) is 31.9. The highest BCUT2D eigenvalue weighted by molar-refractivity contribution is 5.95. The van der Waals surface area contributed by atoms with Crippen LogP contribution >= 0.6 is 0 Å². The number of rotatable bonds is 11. The molecule has 0 spiro atoms. The van der Waals surface area contributed by atoms with Crippen LogP contribution in [0.3, 0.4) is 0 Å². The van der Waals surface area contributed by atoms with E-state index in [4.69, 9.17) is 20.6 Å². The van der Waals surface area contributed by atoms with E-state index in [9.17, 15) is 9.90 Å². The first-order valence-corrected chi connectivity index (χ1v) is 14.2. The van der Waals surface area contributed by atoms with Crippen LogP contribution in [0.2, 0.25) is 0 Å². The van der Waals surface area contributed by atoms with E-state index in [0.717, 1.165) is 11.1 Å². The maximum atomic E-state index is 16.2. The minimum Gasteiger partial charge on any atom is -0.478 e. The number of ether oxygens (including phenoxy) is 2. The van der Waals surface area contributed by atoms with Gasteiger partial charge in [-0.15, -0.1) is 0 Å². The molecule has 230 valence electrons. The molecule has 0 aliphatic heterocycles. The summed E-state index contributed by atoms with van der Waals surface area (Å²) < 4.78 is 43.7. The Morgan fingerprint density at radius 2 is 1.48 bits per heavy atom. The van der Waals surface area contributed by atoms with Crippen LogP contribution in [0, 0.1) is 17.0 Å². The number of hydrogen-bond acceptors (Lipinski definition) is 6. The second-order valence-corrected chi connectivity index (χ2v) is 11.2. The fraction of sp³-hybridized carbons (Fsp3) is 0.265. The summed E-state index contributed by atoms with van der Waals surface area (Å²) in [5.41, 5.74) is 7.78. The number of hydrogen-bond donors (Lipinski definition) is 3. The molecule has 0 radical (unpaired) electrons. The lowest BCUT2D eigenvalue weighted by molar-refractivity contribution is 0.0694. The standard InChI is InChI=1S/C34H36F2N4O4/c1-18(2)21-9-7-10-22(15-21)23-13-14-27(26(17-23)34(41)42)44-33-29(36)30(40(19(3)4)20(5)6)28(35)32(39-33)43-25-12-8-11-24(16-25)31(37)38/h7-20H,1-6H3,(H3,37,38)(H,41,42). The Hall–Kier alpha value is -4.99. The summed E-state index contributed by atoms with van der Waals surface area (Å²) in [4.78, 5) is 17.9. The van der Waals surface area contributed by atoms with E-state index in [0.29, 0.717) is 11.1 Å². The van der Waals surface area contributed by atoms with Crippen molar-refractivity contribution in [3.63, 3.8) is 0 Å². The Kier molecular flexibility index (Phi) is 9.52. The number of nitrogens with two attached hydrogens (primary N) is 1. The van der Waals surface area contributed by atoms with E-state index in [1.807, 2.05) is 24.3 Å². The number of carboxylic acid groups (broad SMARTS) is 1. The highest BCUT2D eigenvalue weighted by atomic mass is 19.1. The van der Waals surface area contributed by atoms with Crippen LogP contribution in [0.15, 0.2) is 66.7 Å². The average Bonchev–Trinajstić information content (AvgIpc) is 2.97. The van der Waals surface area contributed by atoms with Crippen molar-refractivity contribution in [2.24, 2.45) is 5.73 Å². The third kappa shape index (κ3) is 6.80. The zero-order chi connectivity index (χ0) is 32.3. The molecule has 44 heavy (non-hydrogen) atoms. The van der Waals surface area contributed by atoms with E-state index in [1.54, 1.807) is 45.9 Å². The molecular formula is C34H36F2N4O4. The van der Waals surface area contributed by atoms with Crippen LogP contribution in [0.1, 0.15) is 68.9 Å². The molecule has 0 aliphatic carbocycles. The lowest BCUT2D eigenvalue weighted by atomic mass is 9.96. The molecule has 3 aromatic carbocycles. The third-order valence-corrected chi connectivity index (χ3v) is 7.03. The first-order valence-electron chi connectivity index (χ1n) is 14.2. The van der Waals surface area contributed by atoms with Gasteiger partial charge in [0.2, 0.25) is 11.6 Å². The fourth-order valence-corrected chi connectivity index (χ4v) is 4.95. The molecule has 0 amide bonds. The van der Waals surface area contributed by atoms with Gasteiger partial charge in [-0.05, 0) is 74.6 Å². The van der Waals surface area contributed by atoms with Gasteiger partial charge in [0.25, 0.3) is 11.8 Å². The third-order valence-electron chi connectivity index (χ3n) is 7.03. The second kappa shape index (κ2) is 13.1. The van der Waals surface area contributed by atoms with Crippen LogP contribution in [0.25, 0.3) is 11.1 Å². The normalized spacial score (nSPS) is 11.2. The highest BCUT2D eigenvalue weighted by Crippen LogP contribution is 2.40. The Labute approximate surface area is 255 Å². The Balaban J connectivity index is 1.85. The number of nitrogens with one attached hydrogen (secondary N) is 1. The molecule has 4 rings (SSSR count). The number of pyridine rings is 1. The molecular weight excluding hydrogens is 566 g/mol. The predicted octanol–water partition coefficient (Wildman–Crippen LogP) is 8.34. The number of carbonyl (C=O) groups is 1. The number of benzene rings is 3. The molecule has 0 atom stereocenters. The number of anilines is 1. The van der Waals surface area contributed by atoms with Gasteiger partial charge in [0.15, 0.2) is 0 Å². The molecule has 8 nitrogen and oxygen atoms in total. The number of halogens is 2. The van der Waals surface area contributed by atoms with Gasteiger partial charge in [-0.1, -0.05) is 56.3 Å². The highest BCUT2D eigenvalue weighted by Gasteiger charge is 2.31. The van der Waals surface area contributed by atoms with Gasteiger partial charge in [-0.2, -0.15) is 13.8 Å². The summed E-state index contributed by atoms with van der Waals surface area (Å²) in [6.45, 7) is 11.3. The van der Waals surface area contributed by atoms with Crippen molar-refractivity contribution in [1.29, 1.82) is 5.41 Å². The number of nitrogens with zero attached hydrogens (tertiary/aromatic N) is 2. The molecule has 4 aromatic rings. The molecule has 1 heterocycles. The average molecular weight is 603 g/mol. The van der Waals surface area contributed by atoms with Crippen molar-refractivity contribution in [3.8, 4) is 34.4 Å². The first-order chi connectivity index (χ1) is 20.8. The molecule has 4 N–H and O–H groups in total. The van der Waals surface area contributed by atoms with Crippen molar-refractivity contribution in [3.05, 3.63) is 95.1 Å². The Morgan fingerprint density at radius 1 is 0.864 bits per heavy atom. The minimum absolute atomic E-state index is 0.104. The van der Waals surface area contributed by atoms with Gasteiger partial charge in [-0.3, -0.25) is 5.41 Å². The molecule has 0 saturated heterocycles. The van der Waals surface area contributed by atoms with E-state index >= 15 is 8.78 Å². The minimum atomic E-state index is -1.30. The lowest BCUT2D eigenvalue weighted by Crippen LogP contribution is -2.38. The van der Waals surface area contributed by atoms with E-state index in [-0.39, 0.29) is 40.9 Å². The summed E-state index contributed by atoms with van der Waals surface area (Å²) in [7, 11) is 0. The maximum absolute atomic E-state index is 16.2. The van der Waals surface area contributed by atoms with Gasteiger partial charge in [0.05, 0.1) is 0 Å². The molecule has 0 saturated carbocycles. The van der Waals surface area contributed by atoms with Crippen LogP contribution in [-0.4, -0.2) is 34.0 Å². The van der Waals surface area contributed by atoms with Crippen LogP contribution < -0.4 is 20.1 Å². The maximum Gasteiger partial charge on any atom is 0.339 e. The van der Waals surface area contributed by atoms with E-state index in [2.05, 4.69) is 18.8 Å². The van der Waals surface area contributed by atoms with Gasteiger partial charge in [-0.25, -0.2) is 4.79 Å². The number of amidine groups is 1.